The van der Waals surface area contributed by atoms with E-state index in [2.05, 4.69) is 20.0 Å². The van der Waals surface area contributed by atoms with E-state index in [-0.39, 0.29) is 17.3 Å². The molecule has 2 unspecified atom stereocenters. The smallest absolute Gasteiger partial charge is 0.459 e. The van der Waals surface area contributed by atoms with Gasteiger partial charge in [0.05, 0.1) is 12.4 Å². The van der Waals surface area contributed by atoms with Crippen LogP contribution in [0.5, 0.6) is 5.75 Å². The molecule has 6 rings (SSSR count). The van der Waals surface area contributed by atoms with Gasteiger partial charge < -0.3 is 29.7 Å². The summed E-state index contributed by atoms with van der Waals surface area (Å²) in [6.45, 7) is 4.77. The molecule has 3 heterocycles. The number of carbonyl (C=O) groups excluding carboxylic acids is 1. The number of para-hydroxylation sites is 1. The number of carbonyl (C=O) groups is 1. The molecule has 3 fully saturated rings. The predicted octanol–water partition coefficient (Wildman–Crippen LogP) is 2.49. The number of aromatic nitrogens is 4. The van der Waals surface area contributed by atoms with E-state index < -0.39 is 56.1 Å². The molecule has 1 aliphatic heterocycles. The number of nitrogens with one attached hydrogen (secondary N) is 1. The van der Waals surface area contributed by atoms with Gasteiger partial charge in [0.15, 0.2) is 35.0 Å². The number of alkyl halides is 1. The van der Waals surface area contributed by atoms with Crippen molar-refractivity contribution in [2.75, 3.05) is 17.7 Å². The van der Waals surface area contributed by atoms with Crippen molar-refractivity contribution >= 4 is 36.6 Å². The molecule has 0 spiro atoms. The first-order chi connectivity index (χ1) is 19.9. The predicted molar refractivity (Wildman–Crippen MR) is 148 cm³/mol. The molecule has 42 heavy (non-hydrogen) atoms. The summed E-state index contributed by atoms with van der Waals surface area (Å²) in [5, 5.41) is 13.8. The second-order valence-electron chi connectivity index (χ2n) is 11.1. The van der Waals surface area contributed by atoms with E-state index in [1.165, 1.54) is 30.0 Å². The molecule has 0 amide bonds. The fourth-order valence-electron chi connectivity index (χ4n) is 5.08. The Morgan fingerprint density at radius 1 is 1.29 bits per heavy atom. The number of nitrogens with two attached hydrogens (primary N) is 1. The molecule has 2 aliphatic carbocycles. The van der Waals surface area contributed by atoms with Gasteiger partial charge >= 0.3 is 13.7 Å². The van der Waals surface area contributed by atoms with E-state index in [0.717, 1.165) is 12.8 Å². The van der Waals surface area contributed by atoms with Gasteiger partial charge in [-0.1, -0.05) is 18.2 Å². The fraction of sp³-hybridized carbons (Fsp3) is 0.538. The van der Waals surface area contributed by atoms with Crippen LogP contribution in [0.4, 0.5) is 16.2 Å². The number of halogens is 1. The molecule has 0 radical (unpaired) electrons. The SMILES string of the molecule is CC(C)OC(=O)[C@H](C)NP(=O)(Oc1ccccc1)OC1[C@H]2O[C@@H](n3cnc4c(N(C)C5CC5)nc(N)nc43)[C@H](F)[C@@]12O. The third-order valence-electron chi connectivity index (χ3n) is 7.46. The average Bonchev–Trinajstić information content (AvgIpc) is 3.79. The molecule has 1 aromatic carbocycles. The third-order valence-corrected chi connectivity index (χ3v) is 9.12. The number of esters is 1. The summed E-state index contributed by atoms with van der Waals surface area (Å²) in [5.41, 5.74) is 4.48. The molecule has 2 aromatic heterocycles. The van der Waals surface area contributed by atoms with Crippen molar-refractivity contribution in [3.05, 3.63) is 36.7 Å². The average molecular weight is 606 g/mol. The van der Waals surface area contributed by atoms with Gasteiger partial charge in [0.1, 0.15) is 24.0 Å². The van der Waals surface area contributed by atoms with Crippen molar-refractivity contribution < 1.29 is 37.4 Å². The number of benzene rings is 1. The Hall–Kier alpha value is -3.36. The number of hydrogen-bond donors (Lipinski definition) is 3. The zero-order valence-corrected chi connectivity index (χ0v) is 24.3. The lowest BCUT2D eigenvalue weighted by Gasteiger charge is -2.26. The molecule has 1 saturated heterocycles. The minimum atomic E-state index is -4.38. The lowest BCUT2D eigenvalue weighted by atomic mass is 10.2. The minimum Gasteiger partial charge on any atom is -0.462 e. The van der Waals surface area contributed by atoms with Crippen LogP contribution in [-0.4, -0.2) is 79.8 Å². The highest BCUT2D eigenvalue weighted by molar-refractivity contribution is 7.52. The number of aliphatic hydroxyl groups is 1. The molecule has 4 N–H and O–H groups in total. The first-order valence-corrected chi connectivity index (χ1v) is 15.2. The Kier molecular flexibility index (Phi) is 7.13. The van der Waals surface area contributed by atoms with Crippen LogP contribution in [-0.2, 0) is 23.4 Å². The van der Waals surface area contributed by atoms with Crippen molar-refractivity contribution in [1.29, 1.82) is 0 Å². The zero-order chi connectivity index (χ0) is 30.0. The maximum Gasteiger partial charge on any atom is 0.459 e. The summed E-state index contributed by atoms with van der Waals surface area (Å²) in [7, 11) is -2.49. The second-order valence-corrected chi connectivity index (χ2v) is 12.7. The van der Waals surface area contributed by atoms with Gasteiger partial charge in [-0.05, 0) is 45.7 Å². The normalized spacial score (nSPS) is 28.7. The van der Waals surface area contributed by atoms with Gasteiger partial charge in [0.2, 0.25) is 5.95 Å². The number of rotatable bonds is 11. The van der Waals surface area contributed by atoms with Gasteiger partial charge in [0, 0.05) is 13.1 Å². The van der Waals surface area contributed by atoms with Crippen LogP contribution < -0.4 is 20.2 Å². The van der Waals surface area contributed by atoms with Crippen LogP contribution in [0.3, 0.4) is 0 Å². The van der Waals surface area contributed by atoms with E-state index in [9.17, 15) is 14.5 Å². The van der Waals surface area contributed by atoms with Crippen LogP contribution in [0.1, 0.15) is 39.8 Å². The molecular formula is C26H33FN7O7P. The Balaban J connectivity index is 1.22. The van der Waals surface area contributed by atoms with Gasteiger partial charge in [-0.25, -0.2) is 13.9 Å². The lowest BCUT2D eigenvalue weighted by Crippen LogP contribution is -2.38. The third kappa shape index (κ3) is 5.09. The van der Waals surface area contributed by atoms with E-state index >= 15 is 4.39 Å². The van der Waals surface area contributed by atoms with Crippen molar-refractivity contribution in [2.45, 2.75) is 82.0 Å². The fourth-order valence-corrected chi connectivity index (χ4v) is 6.79. The Morgan fingerprint density at radius 3 is 2.62 bits per heavy atom. The highest BCUT2D eigenvalue weighted by atomic mass is 31.2. The summed E-state index contributed by atoms with van der Waals surface area (Å²) in [6, 6.07) is 7.31. The summed E-state index contributed by atoms with van der Waals surface area (Å²) < 4.78 is 53.6. The standard InChI is InChI=1S/C26H33FN7O7P/c1-13(2)38-24(35)14(3)32-42(37,40-16-8-6-5-7-9-16)41-20-19-26(20,36)18(27)23(39-19)34-12-29-17-21(33(4)15-10-11-15)30-25(28)31-22(17)34/h5-9,12-15,18-20,23,36H,10-11H2,1-4H3,(H,32,37)(H2,28,30,31)/t14-,18-,19+,20?,23+,26-,42?/m0/s1. The summed E-state index contributed by atoms with van der Waals surface area (Å²) in [5.74, 6) is -0.0204. The molecule has 2 saturated carbocycles. The Bertz CT molecular complexity index is 1540. The number of anilines is 2. The highest BCUT2D eigenvalue weighted by Crippen LogP contribution is 2.62. The number of nitrogen functional groups attached to an aromatic ring is 1. The van der Waals surface area contributed by atoms with Crippen molar-refractivity contribution in [3.63, 3.8) is 0 Å². The number of hydrogen-bond acceptors (Lipinski definition) is 12. The maximum absolute atomic E-state index is 16.0. The molecule has 16 heteroatoms. The zero-order valence-electron chi connectivity index (χ0n) is 23.5. The molecule has 14 nitrogen and oxygen atoms in total. The second kappa shape index (κ2) is 10.4. The molecule has 3 aromatic rings. The van der Waals surface area contributed by atoms with Crippen LogP contribution in [0.15, 0.2) is 36.7 Å². The van der Waals surface area contributed by atoms with Crippen LogP contribution in [0, 0.1) is 0 Å². The topological polar surface area (TPSA) is 176 Å². The minimum absolute atomic E-state index is 0.0135. The van der Waals surface area contributed by atoms with Gasteiger partial charge in [-0.3, -0.25) is 13.9 Å². The van der Waals surface area contributed by atoms with Gasteiger partial charge in [0.25, 0.3) is 0 Å². The first-order valence-electron chi connectivity index (χ1n) is 13.7. The molecule has 0 bridgehead atoms. The van der Waals surface area contributed by atoms with E-state index in [4.69, 9.17) is 24.3 Å². The van der Waals surface area contributed by atoms with E-state index in [1.807, 2.05) is 11.9 Å². The summed E-state index contributed by atoms with van der Waals surface area (Å²) in [6.07, 6.45) is -2.94. The van der Waals surface area contributed by atoms with Crippen molar-refractivity contribution in [1.82, 2.24) is 24.6 Å². The van der Waals surface area contributed by atoms with E-state index in [1.54, 1.807) is 32.0 Å². The molecule has 3 aliphatic rings. The maximum atomic E-state index is 16.0. The summed E-state index contributed by atoms with van der Waals surface area (Å²) in [4.78, 5) is 27.4. The largest absolute Gasteiger partial charge is 0.462 e. The Morgan fingerprint density at radius 2 is 2.00 bits per heavy atom. The van der Waals surface area contributed by atoms with Crippen molar-refractivity contribution in [2.24, 2.45) is 0 Å². The van der Waals surface area contributed by atoms with E-state index in [0.29, 0.717) is 17.4 Å². The molecule has 7 atom stereocenters. The number of imidazole rings is 1. The molecular weight excluding hydrogens is 572 g/mol. The number of nitrogens with zero attached hydrogens (tertiary/aromatic N) is 5. The van der Waals surface area contributed by atoms with Crippen molar-refractivity contribution in [3.8, 4) is 5.75 Å². The summed E-state index contributed by atoms with van der Waals surface area (Å²) >= 11 is 0. The van der Waals surface area contributed by atoms with Gasteiger partial charge in [-0.2, -0.15) is 15.1 Å². The number of ether oxygens (including phenoxy) is 2. The monoisotopic (exact) mass is 605 g/mol. The number of fused-ring (bicyclic) bond motifs is 2. The quantitative estimate of drug-likeness (QED) is 0.215. The lowest BCUT2D eigenvalue weighted by molar-refractivity contribution is -0.149. The van der Waals surface area contributed by atoms with Crippen LogP contribution >= 0.6 is 7.75 Å². The van der Waals surface area contributed by atoms with Crippen LogP contribution in [0.25, 0.3) is 11.2 Å². The Labute approximate surface area is 240 Å². The molecule has 226 valence electrons. The van der Waals surface area contributed by atoms with Gasteiger partial charge in [-0.15, -0.1) is 0 Å². The highest BCUT2D eigenvalue weighted by Gasteiger charge is 2.80. The van der Waals surface area contributed by atoms with Crippen LogP contribution in [0.2, 0.25) is 0 Å². The first kappa shape index (κ1) is 28.7.